The molecular weight excluding hydrogens is 180 g/mol. The predicted molar refractivity (Wildman–Crippen MR) is 50.7 cm³/mol. The molecule has 0 aliphatic carbocycles. The zero-order chi connectivity index (χ0) is 9.54. The van der Waals surface area contributed by atoms with Gasteiger partial charge in [-0.3, -0.25) is 9.36 Å². The number of hydrogen-bond acceptors (Lipinski definition) is 3. The Kier molecular flexibility index (Phi) is 1.64. The number of nitrogens with one attached hydrogen (secondary N) is 1. The Hall–Kier alpha value is -1.29. The van der Waals surface area contributed by atoms with E-state index in [1.54, 1.807) is 17.0 Å². The molecular formula is C10H12N2O2. The summed E-state index contributed by atoms with van der Waals surface area (Å²) in [5.41, 5.74) is 0. The van der Waals surface area contributed by atoms with Crippen LogP contribution >= 0.6 is 0 Å². The smallest absolute Gasteiger partial charge is 0.234 e. The summed E-state index contributed by atoms with van der Waals surface area (Å²) < 4.78 is 6.71. The van der Waals surface area contributed by atoms with Crippen molar-refractivity contribution in [3.8, 4) is 11.5 Å². The van der Waals surface area contributed by atoms with Crippen LogP contribution in [0.4, 0.5) is 0 Å². The number of hydrogen-bond donors (Lipinski definition) is 1. The van der Waals surface area contributed by atoms with Crippen LogP contribution in [0.5, 0.6) is 11.5 Å². The number of aromatic nitrogens is 1. The molecule has 0 spiro atoms. The molecule has 1 fully saturated rings. The minimum Gasteiger partial charge on any atom is -0.446 e. The lowest BCUT2D eigenvalue weighted by molar-refractivity contribution is 0.0806. The lowest BCUT2D eigenvalue weighted by Crippen LogP contribution is -2.33. The van der Waals surface area contributed by atoms with Gasteiger partial charge in [-0.2, -0.15) is 0 Å². The van der Waals surface area contributed by atoms with Crippen molar-refractivity contribution in [2.45, 2.75) is 12.8 Å². The molecule has 3 rings (SSSR count). The molecule has 1 saturated heterocycles. The van der Waals surface area contributed by atoms with Crippen LogP contribution in [0.2, 0.25) is 0 Å². The second-order valence-electron chi connectivity index (χ2n) is 3.86. The second-order valence-corrected chi connectivity index (χ2v) is 3.86. The molecule has 2 aliphatic rings. The maximum atomic E-state index is 11.9. The molecule has 14 heavy (non-hydrogen) atoms. The van der Waals surface area contributed by atoms with E-state index in [4.69, 9.17) is 4.74 Å². The van der Waals surface area contributed by atoms with Crippen molar-refractivity contribution >= 4 is 5.91 Å². The molecule has 1 aromatic rings. The highest BCUT2D eigenvalue weighted by atomic mass is 16.6. The van der Waals surface area contributed by atoms with Gasteiger partial charge in [0.2, 0.25) is 5.91 Å². The monoisotopic (exact) mass is 192 g/mol. The number of ether oxygens (including phenoxy) is 1. The van der Waals surface area contributed by atoms with Gasteiger partial charge < -0.3 is 10.1 Å². The highest BCUT2D eigenvalue weighted by Gasteiger charge is 2.28. The molecule has 4 heteroatoms. The van der Waals surface area contributed by atoms with Crippen molar-refractivity contribution in [2.75, 3.05) is 13.1 Å². The first-order chi connectivity index (χ1) is 6.84. The Morgan fingerprint density at radius 2 is 2.00 bits per heavy atom. The SMILES string of the molecule is O=C(C1CCNCC1)n1cc2c(c1)O2. The first kappa shape index (κ1) is 8.05. The summed E-state index contributed by atoms with van der Waals surface area (Å²) in [5, 5.41) is 3.25. The molecule has 74 valence electrons. The van der Waals surface area contributed by atoms with E-state index in [0.717, 1.165) is 37.4 Å². The van der Waals surface area contributed by atoms with E-state index in [9.17, 15) is 4.79 Å². The summed E-state index contributed by atoms with van der Waals surface area (Å²) >= 11 is 0. The number of piperidine rings is 1. The fourth-order valence-corrected chi connectivity index (χ4v) is 1.97. The topological polar surface area (TPSA) is 46.6 Å². The second kappa shape index (κ2) is 2.85. The third kappa shape index (κ3) is 1.23. The minimum absolute atomic E-state index is 0.183. The molecule has 1 aromatic heterocycles. The van der Waals surface area contributed by atoms with Gasteiger partial charge in [-0.05, 0) is 25.9 Å². The van der Waals surface area contributed by atoms with Crippen LogP contribution in [-0.4, -0.2) is 23.6 Å². The van der Waals surface area contributed by atoms with E-state index < -0.39 is 0 Å². The van der Waals surface area contributed by atoms with Crippen molar-refractivity contribution < 1.29 is 9.53 Å². The summed E-state index contributed by atoms with van der Waals surface area (Å²) in [6.45, 7) is 1.90. The van der Waals surface area contributed by atoms with Gasteiger partial charge in [0.25, 0.3) is 0 Å². The van der Waals surface area contributed by atoms with Gasteiger partial charge >= 0.3 is 0 Å². The van der Waals surface area contributed by atoms with E-state index in [-0.39, 0.29) is 11.8 Å². The summed E-state index contributed by atoms with van der Waals surface area (Å²) in [6, 6.07) is 0. The van der Waals surface area contributed by atoms with Gasteiger partial charge in [0.1, 0.15) is 0 Å². The van der Waals surface area contributed by atoms with E-state index in [1.807, 2.05) is 0 Å². The van der Waals surface area contributed by atoms with Crippen LogP contribution in [0, 0.1) is 5.92 Å². The van der Waals surface area contributed by atoms with Crippen LogP contribution in [0.3, 0.4) is 0 Å². The number of fused-ring (bicyclic) bond motifs is 1. The Morgan fingerprint density at radius 3 is 2.64 bits per heavy atom. The summed E-state index contributed by atoms with van der Waals surface area (Å²) in [4.78, 5) is 11.9. The quantitative estimate of drug-likeness (QED) is 0.691. The van der Waals surface area contributed by atoms with E-state index >= 15 is 0 Å². The average Bonchev–Trinajstić information content (AvgIpc) is 2.86. The molecule has 0 aromatic carbocycles. The van der Waals surface area contributed by atoms with Gasteiger partial charge in [-0.1, -0.05) is 0 Å². The average molecular weight is 192 g/mol. The molecule has 2 aliphatic heterocycles. The summed E-state index contributed by atoms with van der Waals surface area (Å²) in [6.07, 6.45) is 5.45. The molecule has 0 amide bonds. The van der Waals surface area contributed by atoms with E-state index in [2.05, 4.69) is 5.32 Å². The van der Waals surface area contributed by atoms with Crippen LogP contribution in [0.25, 0.3) is 0 Å². The van der Waals surface area contributed by atoms with Crippen molar-refractivity contribution in [2.24, 2.45) is 5.92 Å². The van der Waals surface area contributed by atoms with Crippen LogP contribution in [0.15, 0.2) is 12.4 Å². The zero-order valence-corrected chi connectivity index (χ0v) is 7.82. The summed E-state index contributed by atoms with van der Waals surface area (Å²) in [5.74, 6) is 2.10. The van der Waals surface area contributed by atoms with Gasteiger partial charge in [0, 0.05) is 5.92 Å². The largest absolute Gasteiger partial charge is 0.446 e. The highest BCUT2D eigenvalue weighted by molar-refractivity contribution is 5.83. The molecule has 0 bridgehead atoms. The molecule has 4 nitrogen and oxygen atoms in total. The Labute approximate surface area is 81.9 Å². The molecule has 1 N–H and O–H groups in total. The van der Waals surface area contributed by atoms with Crippen LogP contribution < -0.4 is 10.1 Å². The van der Waals surface area contributed by atoms with Crippen LogP contribution in [0.1, 0.15) is 17.6 Å². The number of carbonyl (C=O) groups is 1. The van der Waals surface area contributed by atoms with E-state index in [1.165, 1.54) is 0 Å². The van der Waals surface area contributed by atoms with Gasteiger partial charge in [0.05, 0.1) is 12.4 Å². The molecule has 0 atom stereocenters. The molecule has 0 unspecified atom stereocenters. The third-order valence-electron chi connectivity index (χ3n) is 2.88. The lowest BCUT2D eigenvalue weighted by atomic mass is 9.97. The first-order valence-corrected chi connectivity index (χ1v) is 4.99. The third-order valence-corrected chi connectivity index (χ3v) is 2.88. The summed E-state index contributed by atoms with van der Waals surface area (Å²) in [7, 11) is 0. The Bertz CT molecular complexity index is 358. The maximum absolute atomic E-state index is 11.9. The van der Waals surface area contributed by atoms with Gasteiger partial charge in [-0.25, -0.2) is 0 Å². The normalized spacial score (nSPS) is 20.0. The highest BCUT2D eigenvalue weighted by Crippen LogP contribution is 2.45. The van der Waals surface area contributed by atoms with Gasteiger partial charge in [-0.15, -0.1) is 0 Å². The fraction of sp³-hybridized carbons (Fsp3) is 0.500. The maximum Gasteiger partial charge on any atom is 0.234 e. The predicted octanol–water partition coefficient (Wildman–Crippen LogP) is 1.23. The molecule has 0 radical (unpaired) electrons. The van der Waals surface area contributed by atoms with E-state index in [0.29, 0.717) is 0 Å². The van der Waals surface area contributed by atoms with Crippen LogP contribution in [-0.2, 0) is 0 Å². The fourth-order valence-electron chi connectivity index (χ4n) is 1.97. The zero-order valence-electron chi connectivity index (χ0n) is 7.82. The molecule has 3 heterocycles. The first-order valence-electron chi connectivity index (χ1n) is 4.99. The van der Waals surface area contributed by atoms with Crippen molar-refractivity contribution in [1.29, 1.82) is 0 Å². The van der Waals surface area contributed by atoms with Crippen molar-refractivity contribution in [3.05, 3.63) is 12.4 Å². The number of carbonyl (C=O) groups excluding carboxylic acids is 1. The Morgan fingerprint density at radius 1 is 1.36 bits per heavy atom. The van der Waals surface area contributed by atoms with Gasteiger partial charge in [0.15, 0.2) is 11.5 Å². The Balaban J connectivity index is 1.75. The molecule has 0 saturated carbocycles. The minimum atomic E-state index is 0.183. The number of nitrogens with zero attached hydrogens (tertiary/aromatic N) is 1. The van der Waals surface area contributed by atoms with Crippen molar-refractivity contribution in [3.63, 3.8) is 0 Å². The van der Waals surface area contributed by atoms with Crippen molar-refractivity contribution in [1.82, 2.24) is 9.88 Å². The number of rotatable bonds is 1. The standard InChI is InChI=1S/C10H12N2O2/c13-10(7-1-3-11-4-2-7)12-5-8-9(6-12)14-8/h5-7,11H,1-4H2. The lowest BCUT2D eigenvalue weighted by Gasteiger charge is -2.21.